The summed E-state index contributed by atoms with van der Waals surface area (Å²) in [6.45, 7) is 3.95. The number of nitrogens with one attached hydrogen (secondary N) is 1. The molecular formula is C16H24N4O4. The molecule has 0 bridgehead atoms. The molecule has 0 spiro atoms. The van der Waals surface area contributed by atoms with Gasteiger partial charge in [-0.2, -0.15) is 4.98 Å². The van der Waals surface area contributed by atoms with Crippen LogP contribution in [-0.2, 0) is 20.7 Å². The van der Waals surface area contributed by atoms with Crippen LogP contribution < -0.4 is 5.32 Å². The monoisotopic (exact) mass is 336 g/mol. The van der Waals surface area contributed by atoms with E-state index >= 15 is 0 Å². The Bertz CT molecular complexity index is 617. The molecule has 2 saturated heterocycles. The van der Waals surface area contributed by atoms with Crippen LogP contribution >= 0.6 is 0 Å². The molecule has 3 rings (SSSR count). The summed E-state index contributed by atoms with van der Waals surface area (Å²) in [6.07, 6.45) is 2.33. The average molecular weight is 336 g/mol. The molecule has 2 fully saturated rings. The third-order valence-corrected chi connectivity index (χ3v) is 5.09. The number of amides is 2. The smallest absolute Gasteiger partial charge is 0.228 e. The van der Waals surface area contributed by atoms with Gasteiger partial charge in [0.15, 0.2) is 5.82 Å². The van der Waals surface area contributed by atoms with Gasteiger partial charge < -0.3 is 19.5 Å². The third-order valence-electron chi connectivity index (χ3n) is 5.09. The molecule has 0 aliphatic carbocycles. The summed E-state index contributed by atoms with van der Waals surface area (Å²) in [5.74, 6) is 1.34. The highest BCUT2D eigenvalue weighted by Crippen LogP contribution is 2.42. The van der Waals surface area contributed by atoms with Crippen molar-refractivity contribution in [1.82, 2.24) is 20.4 Å². The number of fused-ring (bicyclic) bond motifs is 1. The van der Waals surface area contributed by atoms with Crippen molar-refractivity contribution < 1.29 is 18.8 Å². The molecule has 3 heterocycles. The zero-order valence-electron chi connectivity index (χ0n) is 14.2. The molecule has 8 heteroatoms. The fourth-order valence-electron chi connectivity index (χ4n) is 3.75. The predicted octanol–water partition coefficient (Wildman–Crippen LogP) is 0.312. The molecule has 1 N–H and O–H groups in total. The number of rotatable bonds is 5. The van der Waals surface area contributed by atoms with E-state index in [1.165, 1.54) is 0 Å². The highest BCUT2D eigenvalue weighted by Gasteiger charge is 2.54. The first-order chi connectivity index (χ1) is 11.5. The third kappa shape index (κ3) is 3.15. The van der Waals surface area contributed by atoms with Gasteiger partial charge in [-0.15, -0.1) is 0 Å². The minimum Gasteiger partial charge on any atom is -0.381 e. The molecule has 2 atom stereocenters. The molecule has 8 nitrogen and oxygen atoms in total. The van der Waals surface area contributed by atoms with Crippen molar-refractivity contribution in [3.63, 3.8) is 0 Å². The predicted molar refractivity (Wildman–Crippen MR) is 84.0 cm³/mol. The van der Waals surface area contributed by atoms with Crippen molar-refractivity contribution in [2.45, 2.75) is 32.6 Å². The van der Waals surface area contributed by atoms with Crippen LogP contribution in [0.3, 0.4) is 0 Å². The number of aryl methyl sites for hydroxylation is 2. The zero-order chi connectivity index (χ0) is 17.2. The number of aromatic nitrogens is 2. The summed E-state index contributed by atoms with van der Waals surface area (Å²) < 4.78 is 10.6. The van der Waals surface area contributed by atoms with Crippen LogP contribution in [0.2, 0.25) is 0 Å². The first kappa shape index (κ1) is 16.9. The Kier molecular flexibility index (Phi) is 4.84. The fraction of sp³-hybridized carbons (Fsp3) is 0.750. The Labute approximate surface area is 140 Å². The second kappa shape index (κ2) is 6.88. The molecule has 2 aliphatic rings. The maximum atomic E-state index is 12.5. The van der Waals surface area contributed by atoms with E-state index in [9.17, 15) is 9.59 Å². The summed E-state index contributed by atoms with van der Waals surface area (Å²) in [7, 11) is 1.65. The molecule has 0 radical (unpaired) electrons. The lowest BCUT2D eigenvalue weighted by Gasteiger charge is -2.36. The molecular weight excluding hydrogens is 312 g/mol. The highest BCUT2D eigenvalue weighted by molar-refractivity contribution is 5.85. The standard InChI is InChI=1S/C16H24N4O4/c1-11-18-13(24-19-11)4-3-5-14(21)20-8-12-9-23-7-6-16(12,10-20)15(22)17-2/h12H,3-10H2,1-2H3,(H,17,22)/t12-,16+/m1/s1. The SMILES string of the molecule is CNC(=O)[C@]12CCOC[C@H]1CN(C(=O)CCCc1nc(C)no1)C2. The summed E-state index contributed by atoms with van der Waals surface area (Å²) in [5.41, 5.74) is -0.494. The van der Waals surface area contributed by atoms with Crippen molar-refractivity contribution in [2.75, 3.05) is 33.4 Å². The lowest BCUT2D eigenvalue weighted by Crippen LogP contribution is -2.49. The van der Waals surface area contributed by atoms with E-state index in [0.29, 0.717) is 63.7 Å². The van der Waals surface area contributed by atoms with Crippen LogP contribution in [-0.4, -0.2) is 60.2 Å². The minimum atomic E-state index is -0.494. The molecule has 24 heavy (non-hydrogen) atoms. The molecule has 2 amide bonds. The topological polar surface area (TPSA) is 97.6 Å². The molecule has 2 aliphatic heterocycles. The summed E-state index contributed by atoms with van der Waals surface area (Å²) in [6, 6.07) is 0. The van der Waals surface area contributed by atoms with Crippen LogP contribution in [0.15, 0.2) is 4.52 Å². The van der Waals surface area contributed by atoms with Gasteiger partial charge in [-0.3, -0.25) is 9.59 Å². The van der Waals surface area contributed by atoms with Gasteiger partial charge in [0.2, 0.25) is 17.7 Å². The molecule has 0 saturated carbocycles. The Morgan fingerprint density at radius 3 is 3.00 bits per heavy atom. The van der Waals surface area contributed by atoms with E-state index in [4.69, 9.17) is 9.26 Å². The van der Waals surface area contributed by atoms with Gasteiger partial charge in [-0.25, -0.2) is 0 Å². The first-order valence-corrected chi connectivity index (χ1v) is 8.42. The summed E-state index contributed by atoms with van der Waals surface area (Å²) in [5, 5.41) is 6.50. The zero-order valence-corrected chi connectivity index (χ0v) is 14.2. The van der Waals surface area contributed by atoms with Gasteiger partial charge in [0, 0.05) is 45.5 Å². The molecule has 1 aromatic rings. The number of likely N-dealkylation sites (tertiary alicyclic amines) is 1. The number of hydrogen-bond acceptors (Lipinski definition) is 6. The Morgan fingerprint density at radius 2 is 2.29 bits per heavy atom. The molecule has 0 unspecified atom stereocenters. The van der Waals surface area contributed by atoms with Gasteiger partial charge in [-0.1, -0.05) is 5.16 Å². The van der Waals surface area contributed by atoms with Crippen molar-refractivity contribution in [3.8, 4) is 0 Å². The first-order valence-electron chi connectivity index (χ1n) is 8.42. The molecule has 1 aromatic heterocycles. The largest absolute Gasteiger partial charge is 0.381 e. The quantitative estimate of drug-likeness (QED) is 0.831. The Morgan fingerprint density at radius 1 is 1.46 bits per heavy atom. The Balaban J connectivity index is 1.57. The average Bonchev–Trinajstić information content (AvgIpc) is 3.18. The van der Waals surface area contributed by atoms with Gasteiger partial charge in [-0.05, 0) is 19.8 Å². The second-order valence-electron chi connectivity index (χ2n) is 6.62. The Hall–Kier alpha value is -1.96. The number of hydrogen-bond donors (Lipinski definition) is 1. The van der Waals surface area contributed by atoms with Crippen LogP contribution in [0.5, 0.6) is 0 Å². The van der Waals surface area contributed by atoms with Crippen molar-refractivity contribution in [2.24, 2.45) is 11.3 Å². The van der Waals surface area contributed by atoms with Gasteiger partial charge in [0.1, 0.15) is 0 Å². The van der Waals surface area contributed by atoms with E-state index < -0.39 is 5.41 Å². The minimum absolute atomic E-state index is 0.0208. The van der Waals surface area contributed by atoms with E-state index in [1.54, 1.807) is 14.0 Å². The van der Waals surface area contributed by atoms with Crippen molar-refractivity contribution in [3.05, 3.63) is 11.7 Å². The molecule has 0 aromatic carbocycles. The van der Waals surface area contributed by atoms with E-state index in [2.05, 4.69) is 15.5 Å². The molecule has 132 valence electrons. The van der Waals surface area contributed by atoms with E-state index in [0.717, 1.165) is 0 Å². The highest BCUT2D eigenvalue weighted by atomic mass is 16.5. The van der Waals surface area contributed by atoms with Crippen LogP contribution in [0.1, 0.15) is 31.0 Å². The van der Waals surface area contributed by atoms with Crippen LogP contribution in [0, 0.1) is 18.3 Å². The maximum Gasteiger partial charge on any atom is 0.228 e. The number of ether oxygens (including phenoxy) is 1. The van der Waals surface area contributed by atoms with E-state index in [1.807, 2.05) is 4.90 Å². The number of carbonyl (C=O) groups is 2. The van der Waals surface area contributed by atoms with Gasteiger partial charge >= 0.3 is 0 Å². The number of carbonyl (C=O) groups excluding carboxylic acids is 2. The number of nitrogens with zero attached hydrogens (tertiary/aromatic N) is 3. The van der Waals surface area contributed by atoms with Crippen LogP contribution in [0.4, 0.5) is 0 Å². The van der Waals surface area contributed by atoms with Crippen molar-refractivity contribution in [1.29, 1.82) is 0 Å². The van der Waals surface area contributed by atoms with Crippen molar-refractivity contribution >= 4 is 11.8 Å². The fourth-order valence-corrected chi connectivity index (χ4v) is 3.75. The maximum absolute atomic E-state index is 12.5. The lowest BCUT2D eigenvalue weighted by atomic mass is 9.73. The van der Waals surface area contributed by atoms with Crippen LogP contribution in [0.25, 0.3) is 0 Å². The summed E-state index contributed by atoms with van der Waals surface area (Å²) in [4.78, 5) is 30.9. The second-order valence-corrected chi connectivity index (χ2v) is 6.62. The van der Waals surface area contributed by atoms with E-state index in [-0.39, 0.29) is 17.7 Å². The normalized spacial score (nSPS) is 26.2. The lowest BCUT2D eigenvalue weighted by molar-refractivity contribution is -0.139. The van der Waals surface area contributed by atoms with Gasteiger partial charge in [0.25, 0.3) is 0 Å². The summed E-state index contributed by atoms with van der Waals surface area (Å²) >= 11 is 0. The van der Waals surface area contributed by atoms with Gasteiger partial charge in [0.05, 0.1) is 12.0 Å².